The lowest BCUT2D eigenvalue weighted by Crippen LogP contribution is -2.35. The molecular formula is C13H15F3O3. The maximum Gasteiger partial charge on any atom is 0.405 e. The Morgan fingerprint density at radius 2 is 1.79 bits per heavy atom. The number of aliphatic carboxylic acids is 1. The van der Waals surface area contributed by atoms with E-state index in [4.69, 9.17) is 9.84 Å². The second-order valence-electron chi connectivity index (χ2n) is 4.47. The highest BCUT2D eigenvalue weighted by Crippen LogP contribution is 2.27. The van der Waals surface area contributed by atoms with E-state index in [0.717, 1.165) is 5.56 Å². The molecule has 1 N–H and O–H groups in total. The van der Waals surface area contributed by atoms with Gasteiger partial charge in [-0.1, -0.05) is 26.0 Å². The van der Waals surface area contributed by atoms with E-state index in [1.807, 2.05) is 13.8 Å². The fourth-order valence-electron chi connectivity index (χ4n) is 1.43. The van der Waals surface area contributed by atoms with E-state index in [9.17, 15) is 18.0 Å². The topological polar surface area (TPSA) is 46.5 Å². The number of benzene rings is 1. The number of ether oxygens (including phenoxy) is 1. The van der Waals surface area contributed by atoms with Gasteiger partial charge in [0, 0.05) is 0 Å². The number of halogens is 3. The zero-order valence-corrected chi connectivity index (χ0v) is 10.6. The van der Waals surface area contributed by atoms with Crippen molar-refractivity contribution in [2.75, 3.05) is 6.61 Å². The summed E-state index contributed by atoms with van der Waals surface area (Å²) in [6.45, 7) is 3.04. The number of rotatable bonds is 5. The second kappa shape index (κ2) is 5.95. The highest BCUT2D eigenvalue weighted by Gasteiger charge is 2.45. The number of carbonyl (C=O) groups is 1. The van der Waals surface area contributed by atoms with Gasteiger partial charge in [0.2, 0.25) is 0 Å². The minimum absolute atomic E-state index is 0.222. The summed E-state index contributed by atoms with van der Waals surface area (Å²) in [6.07, 6.45) is -4.82. The minimum Gasteiger partial charge on any atom is -0.492 e. The first-order valence-electron chi connectivity index (χ1n) is 5.74. The molecule has 0 spiro atoms. The van der Waals surface area contributed by atoms with Crippen molar-refractivity contribution in [3.05, 3.63) is 29.8 Å². The van der Waals surface area contributed by atoms with E-state index in [-0.39, 0.29) is 5.75 Å². The molecule has 3 nitrogen and oxygen atoms in total. The first-order valence-corrected chi connectivity index (χ1v) is 5.74. The average molecular weight is 276 g/mol. The van der Waals surface area contributed by atoms with Crippen LogP contribution in [-0.4, -0.2) is 23.9 Å². The van der Waals surface area contributed by atoms with Crippen LogP contribution in [-0.2, 0) is 4.79 Å². The van der Waals surface area contributed by atoms with Crippen molar-refractivity contribution >= 4 is 5.97 Å². The quantitative estimate of drug-likeness (QED) is 0.896. The highest BCUT2D eigenvalue weighted by atomic mass is 19.4. The molecule has 0 aliphatic heterocycles. The smallest absolute Gasteiger partial charge is 0.405 e. The summed E-state index contributed by atoms with van der Waals surface area (Å²) in [7, 11) is 0. The summed E-state index contributed by atoms with van der Waals surface area (Å²) in [6, 6.07) is 6.54. The van der Waals surface area contributed by atoms with E-state index in [0.29, 0.717) is 5.92 Å². The normalized spacial score (nSPS) is 13.4. The minimum atomic E-state index is -4.82. The van der Waals surface area contributed by atoms with Crippen LogP contribution >= 0.6 is 0 Å². The summed E-state index contributed by atoms with van der Waals surface area (Å²) < 4.78 is 42.0. The summed E-state index contributed by atoms with van der Waals surface area (Å²) >= 11 is 0. The number of hydrogen-bond acceptors (Lipinski definition) is 2. The molecule has 1 unspecified atom stereocenters. The molecule has 0 fully saturated rings. The van der Waals surface area contributed by atoms with Gasteiger partial charge in [0.05, 0.1) is 0 Å². The molecule has 0 radical (unpaired) electrons. The molecule has 0 saturated heterocycles. The number of carboxylic acid groups (broad SMARTS) is 1. The van der Waals surface area contributed by atoms with Gasteiger partial charge in [-0.25, -0.2) is 0 Å². The van der Waals surface area contributed by atoms with Crippen LogP contribution in [0.25, 0.3) is 0 Å². The van der Waals surface area contributed by atoms with Crippen LogP contribution in [0.2, 0.25) is 0 Å². The molecule has 0 aliphatic carbocycles. The van der Waals surface area contributed by atoms with Gasteiger partial charge < -0.3 is 9.84 Å². The predicted octanol–water partition coefficient (Wildman–Crippen LogP) is 3.45. The SMILES string of the molecule is CC(C)c1ccc(OCC(C(=O)O)C(F)(F)F)cc1. The highest BCUT2D eigenvalue weighted by molar-refractivity contribution is 5.71. The molecule has 0 heterocycles. The lowest BCUT2D eigenvalue weighted by molar-refractivity contribution is -0.198. The van der Waals surface area contributed by atoms with Crippen molar-refractivity contribution in [3.8, 4) is 5.75 Å². The van der Waals surface area contributed by atoms with Crippen molar-refractivity contribution in [1.29, 1.82) is 0 Å². The number of carboxylic acids is 1. The molecule has 0 aliphatic rings. The van der Waals surface area contributed by atoms with Gasteiger partial charge in [-0.05, 0) is 23.6 Å². The van der Waals surface area contributed by atoms with Gasteiger partial charge in [0.1, 0.15) is 12.4 Å². The standard InChI is InChI=1S/C13H15F3O3/c1-8(2)9-3-5-10(6-4-9)19-7-11(12(17)18)13(14,15)16/h3-6,8,11H,7H2,1-2H3,(H,17,18). The number of hydrogen-bond donors (Lipinski definition) is 1. The molecule has 6 heteroatoms. The Hall–Kier alpha value is -1.72. The molecule has 19 heavy (non-hydrogen) atoms. The molecule has 0 saturated carbocycles. The molecule has 0 amide bonds. The Morgan fingerprint density at radius 3 is 2.16 bits per heavy atom. The zero-order chi connectivity index (χ0) is 14.6. The summed E-state index contributed by atoms with van der Waals surface area (Å²) in [5.74, 6) is -3.93. The molecule has 0 bridgehead atoms. The fourth-order valence-corrected chi connectivity index (χ4v) is 1.43. The largest absolute Gasteiger partial charge is 0.492 e. The van der Waals surface area contributed by atoms with Crippen LogP contribution < -0.4 is 4.74 Å². The number of alkyl halides is 3. The average Bonchev–Trinajstić information content (AvgIpc) is 2.27. The molecular weight excluding hydrogens is 261 g/mol. The lowest BCUT2D eigenvalue weighted by Gasteiger charge is -2.17. The van der Waals surface area contributed by atoms with Crippen LogP contribution in [0.3, 0.4) is 0 Å². The second-order valence-corrected chi connectivity index (χ2v) is 4.47. The van der Waals surface area contributed by atoms with Crippen LogP contribution in [0, 0.1) is 5.92 Å². The molecule has 0 aromatic heterocycles. The zero-order valence-electron chi connectivity index (χ0n) is 10.6. The molecule has 1 atom stereocenters. The van der Waals surface area contributed by atoms with Gasteiger partial charge in [-0.2, -0.15) is 13.2 Å². The fraction of sp³-hybridized carbons (Fsp3) is 0.462. The van der Waals surface area contributed by atoms with E-state index in [1.54, 1.807) is 12.1 Å². The monoisotopic (exact) mass is 276 g/mol. The Morgan fingerprint density at radius 1 is 1.26 bits per heavy atom. The van der Waals surface area contributed by atoms with Gasteiger partial charge in [-0.3, -0.25) is 4.79 Å². The van der Waals surface area contributed by atoms with E-state index in [1.165, 1.54) is 12.1 Å². The van der Waals surface area contributed by atoms with Gasteiger partial charge in [0.15, 0.2) is 5.92 Å². The predicted molar refractivity (Wildman–Crippen MR) is 63.2 cm³/mol. The lowest BCUT2D eigenvalue weighted by atomic mass is 10.0. The van der Waals surface area contributed by atoms with Gasteiger partial charge >= 0.3 is 12.1 Å². The summed E-state index contributed by atoms with van der Waals surface area (Å²) in [5.41, 5.74) is 1.03. The summed E-state index contributed by atoms with van der Waals surface area (Å²) in [4.78, 5) is 10.5. The third-order valence-electron chi connectivity index (χ3n) is 2.66. The van der Waals surface area contributed by atoms with Crippen molar-refractivity contribution in [2.45, 2.75) is 25.9 Å². The first kappa shape index (κ1) is 15.3. The van der Waals surface area contributed by atoms with Crippen LogP contribution in [0.15, 0.2) is 24.3 Å². The van der Waals surface area contributed by atoms with E-state index >= 15 is 0 Å². The van der Waals surface area contributed by atoms with Crippen molar-refractivity contribution in [3.63, 3.8) is 0 Å². The van der Waals surface area contributed by atoms with E-state index in [2.05, 4.69) is 0 Å². The van der Waals surface area contributed by atoms with Crippen molar-refractivity contribution < 1.29 is 27.8 Å². The van der Waals surface area contributed by atoms with Crippen molar-refractivity contribution in [2.24, 2.45) is 5.92 Å². The first-order chi connectivity index (χ1) is 8.71. The molecule has 1 aromatic carbocycles. The molecule has 106 valence electrons. The Bertz CT molecular complexity index is 424. The van der Waals surface area contributed by atoms with Gasteiger partial charge in [-0.15, -0.1) is 0 Å². The summed E-state index contributed by atoms with van der Waals surface area (Å²) in [5, 5.41) is 8.50. The Labute approximate surface area is 109 Å². The van der Waals surface area contributed by atoms with E-state index < -0.39 is 24.7 Å². The van der Waals surface area contributed by atoms with Crippen LogP contribution in [0.5, 0.6) is 5.75 Å². The maximum absolute atomic E-state index is 12.4. The maximum atomic E-state index is 12.4. The van der Waals surface area contributed by atoms with Crippen LogP contribution in [0.4, 0.5) is 13.2 Å². The Balaban J connectivity index is 2.67. The third kappa shape index (κ3) is 4.46. The van der Waals surface area contributed by atoms with Crippen molar-refractivity contribution in [1.82, 2.24) is 0 Å². The van der Waals surface area contributed by atoms with Gasteiger partial charge in [0.25, 0.3) is 0 Å². The molecule has 1 aromatic rings. The Kier molecular flexibility index (Phi) is 4.80. The third-order valence-corrected chi connectivity index (χ3v) is 2.66. The molecule has 1 rings (SSSR count). The van der Waals surface area contributed by atoms with Crippen LogP contribution in [0.1, 0.15) is 25.3 Å².